The number of carbonyl (C=O) groups excluding carboxylic acids is 4. The number of hydrogen-bond donors (Lipinski definition) is 4. The monoisotopic (exact) mass is 741 g/mol. The third-order valence-electron chi connectivity index (χ3n) is 9.94. The van der Waals surface area contributed by atoms with E-state index in [2.05, 4.69) is 20.9 Å². The molecule has 1 aromatic heterocycles. The second-order valence-corrected chi connectivity index (χ2v) is 15.5. The lowest BCUT2D eigenvalue weighted by Crippen LogP contribution is -2.57. The number of hydrogen-bond acceptors (Lipinski definition) is 9. The summed E-state index contributed by atoms with van der Waals surface area (Å²) >= 11 is 1.19. The highest BCUT2D eigenvalue weighted by Crippen LogP contribution is 2.29. The zero-order chi connectivity index (χ0) is 38.4. The molecule has 2 aromatic rings. The summed E-state index contributed by atoms with van der Waals surface area (Å²) in [6.07, 6.45) is 4.30. The van der Waals surface area contributed by atoms with E-state index in [0.717, 1.165) is 31.4 Å². The van der Waals surface area contributed by atoms with Gasteiger partial charge < -0.3 is 25.8 Å². The van der Waals surface area contributed by atoms with Crippen LogP contribution in [0.2, 0.25) is 0 Å². The van der Waals surface area contributed by atoms with Crippen molar-refractivity contribution in [2.24, 2.45) is 17.8 Å². The van der Waals surface area contributed by atoms with E-state index in [0.29, 0.717) is 24.3 Å². The molecule has 0 radical (unpaired) electrons. The van der Waals surface area contributed by atoms with Crippen LogP contribution in [-0.4, -0.2) is 82.4 Å². The Hall–Kier alpha value is -3.84. The van der Waals surface area contributed by atoms with Crippen LogP contribution in [-0.2, 0) is 30.3 Å². The summed E-state index contributed by atoms with van der Waals surface area (Å²) in [5.41, 5.74) is 1.10. The fraction of sp³-hybridized carbons (Fsp3) is 0.641. The van der Waals surface area contributed by atoms with Crippen LogP contribution in [0.15, 0.2) is 35.7 Å². The smallest absolute Gasteiger partial charge is 0.306 e. The maximum Gasteiger partial charge on any atom is 0.306 e. The van der Waals surface area contributed by atoms with Gasteiger partial charge in [0, 0.05) is 30.3 Å². The second kappa shape index (κ2) is 21.0. The fourth-order valence-corrected chi connectivity index (χ4v) is 7.24. The first kappa shape index (κ1) is 42.6. The number of carboxylic acid groups (broad SMARTS) is 1. The number of amides is 3. The molecule has 12 nitrogen and oxygen atoms in total. The molecule has 1 saturated heterocycles. The van der Waals surface area contributed by atoms with Gasteiger partial charge in [-0.2, -0.15) is 0 Å². The van der Waals surface area contributed by atoms with Gasteiger partial charge in [-0.15, -0.1) is 11.3 Å². The Morgan fingerprint density at radius 1 is 1.00 bits per heavy atom. The summed E-state index contributed by atoms with van der Waals surface area (Å²) < 4.78 is 5.94. The Balaban J connectivity index is 1.81. The van der Waals surface area contributed by atoms with Crippen LogP contribution in [0.5, 0.6) is 0 Å². The molecule has 52 heavy (non-hydrogen) atoms. The Bertz CT molecular complexity index is 1470. The second-order valence-electron chi connectivity index (χ2n) is 14.6. The number of nitrogens with one attached hydrogen (secondary N) is 3. The number of nitrogens with zero attached hydrogens (tertiary/aromatic N) is 2. The Morgan fingerprint density at radius 3 is 2.33 bits per heavy atom. The normalized spacial score (nSPS) is 18.3. The number of aliphatic carboxylic acids is 1. The third kappa shape index (κ3) is 13.0. The predicted octanol–water partition coefficient (Wildman–Crippen LogP) is 5.53. The average Bonchev–Trinajstić information content (AvgIpc) is 3.61. The van der Waals surface area contributed by atoms with Gasteiger partial charge in [0.25, 0.3) is 5.91 Å². The average molecular weight is 742 g/mol. The molecule has 0 unspecified atom stereocenters. The Labute approximate surface area is 312 Å². The topological polar surface area (TPSA) is 167 Å². The molecular weight excluding hydrogens is 683 g/mol. The molecule has 0 aliphatic carbocycles. The number of carboxylic acids is 1. The van der Waals surface area contributed by atoms with Gasteiger partial charge in [0.15, 0.2) is 6.10 Å². The zero-order valence-electron chi connectivity index (χ0n) is 31.9. The molecule has 7 atom stereocenters. The molecular formula is C39H59N5O7S. The van der Waals surface area contributed by atoms with Gasteiger partial charge in [-0.05, 0) is 63.1 Å². The van der Waals surface area contributed by atoms with Crippen molar-refractivity contribution in [3.63, 3.8) is 0 Å². The number of thiazole rings is 1. The molecule has 0 spiro atoms. The van der Waals surface area contributed by atoms with E-state index in [1.54, 1.807) is 12.3 Å². The van der Waals surface area contributed by atoms with Gasteiger partial charge in [-0.25, -0.2) is 4.98 Å². The number of benzene rings is 1. The highest BCUT2D eigenvalue weighted by atomic mass is 32.1. The molecule has 4 N–H and O–H groups in total. The molecule has 0 saturated carbocycles. The van der Waals surface area contributed by atoms with E-state index < -0.39 is 48.0 Å². The lowest BCUT2D eigenvalue weighted by Gasteiger charge is -2.34. The van der Waals surface area contributed by atoms with E-state index >= 15 is 0 Å². The van der Waals surface area contributed by atoms with Gasteiger partial charge in [0.2, 0.25) is 11.8 Å². The highest BCUT2D eigenvalue weighted by molar-refractivity contribution is 7.09. The van der Waals surface area contributed by atoms with Crippen molar-refractivity contribution >= 4 is 41.0 Å². The number of esters is 1. The van der Waals surface area contributed by atoms with E-state index in [1.807, 2.05) is 76.9 Å². The number of likely N-dealkylation sites (tertiary alicyclic amines) is 1. The number of likely N-dealkylation sites (N-methyl/N-ethyl adjacent to an activating group) is 1. The molecule has 1 aliphatic heterocycles. The van der Waals surface area contributed by atoms with Gasteiger partial charge in [-0.3, -0.25) is 28.9 Å². The third-order valence-corrected chi connectivity index (χ3v) is 10.9. The van der Waals surface area contributed by atoms with Crippen LogP contribution >= 0.6 is 11.3 Å². The first-order valence-corrected chi connectivity index (χ1v) is 19.6. The quantitative estimate of drug-likeness (QED) is 0.128. The molecule has 3 amide bonds. The van der Waals surface area contributed by atoms with Crippen LogP contribution in [0.1, 0.15) is 120 Å². The minimum absolute atomic E-state index is 0.0632. The van der Waals surface area contributed by atoms with Gasteiger partial charge in [0.05, 0.1) is 12.0 Å². The SMILES string of the molecule is CCCC(=O)O[C@H](C[C@@H](NC(=O)[C@@H](NC(=O)[C@H]1CCCCN1C)[C@@H](C)CC)C(C)C)c1nc(C(=O)N[C@@H](Cc2ccccc2)C[C@H](C)C(=O)O)cs1. The molecule has 1 fully saturated rings. The molecule has 1 aliphatic rings. The van der Waals surface area contributed by atoms with Crippen molar-refractivity contribution in [1.29, 1.82) is 0 Å². The summed E-state index contributed by atoms with van der Waals surface area (Å²) in [4.78, 5) is 71.9. The molecule has 0 bridgehead atoms. The van der Waals surface area contributed by atoms with Crippen LogP contribution in [0.25, 0.3) is 0 Å². The fourth-order valence-electron chi connectivity index (χ4n) is 6.40. The first-order chi connectivity index (χ1) is 24.7. The van der Waals surface area contributed by atoms with E-state index in [9.17, 15) is 29.1 Å². The van der Waals surface area contributed by atoms with E-state index in [-0.39, 0.29) is 54.6 Å². The van der Waals surface area contributed by atoms with Gasteiger partial charge in [0.1, 0.15) is 16.7 Å². The standard InChI is InChI=1S/C39H59N5O7S/c1-8-15-33(45)51-32(22-29(24(3)4)41-37(48)34(25(5)9-2)43-36(47)31-18-13-14-19-44(31)7)38-42-30(23-52-38)35(46)40-28(20-26(6)39(49)50)21-27-16-11-10-12-17-27/h10-12,16-17,23-26,28-29,31-32,34H,8-9,13-15,18-22H2,1-7H3,(H,40,46)(H,41,48)(H,43,47)(H,49,50)/t25-,26-,28+,29+,31+,32+,34-/m0/s1. The number of piperidine rings is 1. The maximum absolute atomic E-state index is 13.9. The zero-order valence-corrected chi connectivity index (χ0v) is 32.7. The number of carbonyl (C=O) groups is 5. The molecule has 13 heteroatoms. The van der Waals surface area contributed by atoms with Crippen LogP contribution < -0.4 is 16.0 Å². The van der Waals surface area contributed by atoms with E-state index in [1.165, 1.54) is 11.3 Å². The van der Waals surface area contributed by atoms with Crippen molar-refractivity contribution in [2.75, 3.05) is 13.6 Å². The van der Waals surface area contributed by atoms with Crippen molar-refractivity contribution in [2.45, 2.75) is 130 Å². The Morgan fingerprint density at radius 2 is 1.71 bits per heavy atom. The molecule has 1 aromatic carbocycles. The van der Waals surface area contributed by atoms with Crippen molar-refractivity contribution < 1.29 is 33.8 Å². The minimum atomic E-state index is -0.943. The Kier molecular flexibility index (Phi) is 17.2. The van der Waals surface area contributed by atoms with Crippen LogP contribution in [0.4, 0.5) is 0 Å². The number of rotatable bonds is 20. The largest absolute Gasteiger partial charge is 0.481 e. The van der Waals surface area contributed by atoms with Crippen LogP contribution in [0.3, 0.4) is 0 Å². The van der Waals surface area contributed by atoms with Crippen molar-refractivity contribution in [3.05, 3.63) is 52.0 Å². The maximum atomic E-state index is 13.9. The predicted molar refractivity (Wildman–Crippen MR) is 202 cm³/mol. The number of aromatic nitrogens is 1. The van der Waals surface area contributed by atoms with Crippen molar-refractivity contribution in [3.8, 4) is 0 Å². The summed E-state index contributed by atoms with van der Waals surface area (Å²) in [5.74, 6) is -3.10. The summed E-state index contributed by atoms with van der Waals surface area (Å²) in [7, 11) is 1.94. The van der Waals surface area contributed by atoms with Crippen molar-refractivity contribution in [1.82, 2.24) is 25.8 Å². The summed E-state index contributed by atoms with van der Waals surface area (Å²) in [5, 5.41) is 20.7. The molecule has 3 rings (SSSR count). The van der Waals surface area contributed by atoms with E-state index in [4.69, 9.17) is 4.74 Å². The lowest BCUT2D eigenvalue weighted by molar-refractivity contribution is -0.150. The van der Waals surface area contributed by atoms with Gasteiger partial charge in [-0.1, -0.05) is 84.7 Å². The molecule has 2 heterocycles. The summed E-state index contributed by atoms with van der Waals surface area (Å²) in [6, 6.07) is 7.63. The van der Waals surface area contributed by atoms with Crippen LogP contribution in [0, 0.1) is 17.8 Å². The summed E-state index contributed by atoms with van der Waals surface area (Å²) in [6.45, 7) is 12.2. The number of ether oxygens (including phenoxy) is 1. The minimum Gasteiger partial charge on any atom is -0.481 e. The van der Waals surface area contributed by atoms with Gasteiger partial charge >= 0.3 is 11.9 Å². The lowest BCUT2D eigenvalue weighted by atomic mass is 9.94. The highest BCUT2D eigenvalue weighted by Gasteiger charge is 2.35. The first-order valence-electron chi connectivity index (χ1n) is 18.8. The molecule has 288 valence electrons.